The first-order chi connectivity index (χ1) is 10.9. The van der Waals surface area contributed by atoms with E-state index in [1.807, 2.05) is 51.1 Å². The summed E-state index contributed by atoms with van der Waals surface area (Å²) in [5, 5.41) is 15.9. The summed E-state index contributed by atoms with van der Waals surface area (Å²) in [4.78, 5) is 12.0. The Balaban J connectivity index is 2.62. The lowest BCUT2D eigenvalue weighted by atomic mass is 9.96. The number of alkyl carbamates (subject to hydrolysis) is 1. The van der Waals surface area contributed by atoms with Gasteiger partial charge in [0.2, 0.25) is 0 Å². The zero-order valence-corrected chi connectivity index (χ0v) is 14.6. The molecule has 1 aromatic rings. The number of hydrogen-bond donors (Lipinski definition) is 3. The molecule has 1 rings (SSSR count). The first kappa shape index (κ1) is 19.3. The van der Waals surface area contributed by atoms with Crippen molar-refractivity contribution in [3.8, 4) is 0 Å². The van der Waals surface area contributed by atoms with Gasteiger partial charge in [-0.25, -0.2) is 4.79 Å². The van der Waals surface area contributed by atoms with Crippen LogP contribution in [0.3, 0.4) is 0 Å². The van der Waals surface area contributed by atoms with E-state index >= 15 is 0 Å². The highest BCUT2D eigenvalue weighted by Crippen LogP contribution is 2.14. The number of ether oxygens (including phenoxy) is 1. The van der Waals surface area contributed by atoms with Crippen LogP contribution in [0, 0.1) is 5.92 Å². The molecule has 5 nitrogen and oxygen atoms in total. The Morgan fingerprint density at radius 3 is 2.43 bits per heavy atom. The van der Waals surface area contributed by atoms with Gasteiger partial charge >= 0.3 is 6.09 Å². The second-order valence-corrected chi connectivity index (χ2v) is 6.73. The summed E-state index contributed by atoms with van der Waals surface area (Å²) in [5.41, 5.74) is 0.469. The summed E-state index contributed by atoms with van der Waals surface area (Å²) in [6, 6.07) is 9.70. The van der Waals surface area contributed by atoms with Crippen molar-refractivity contribution in [2.24, 2.45) is 5.92 Å². The maximum absolute atomic E-state index is 12.0. The molecule has 0 aromatic heterocycles. The SMILES string of the molecule is CCCC(NC(=O)OC(C)(C)C)C(CO)CNc1ccccc1. The topological polar surface area (TPSA) is 70.6 Å². The predicted molar refractivity (Wildman–Crippen MR) is 93.6 cm³/mol. The number of benzene rings is 1. The van der Waals surface area contributed by atoms with Gasteiger partial charge in [-0.3, -0.25) is 0 Å². The van der Waals surface area contributed by atoms with E-state index in [-0.39, 0.29) is 18.6 Å². The third kappa shape index (κ3) is 7.88. The number of amides is 1. The number of rotatable bonds is 8. The smallest absolute Gasteiger partial charge is 0.407 e. The van der Waals surface area contributed by atoms with E-state index in [0.29, 0.717) is 6.54 Å². The van der Waals surface area contributed by atoms with Gasteiger partial charge in [0, 0.05) is 30.8 Å². The van der Waals surface area contributed by atoms with Gasteiger partial charge in [0.05, 0.1) is 0 Å². The minimum absolute atomic E-state index is 0.000296. The van der Waals surface area contributed by atoms with Crippen molar-refractivity contribution in [1.82, 2.24) is 5.32 Å². The average molecular weight is 322 g/mol. The summed E-state index contributed by atoms with van der Waals surface area (Å²) in [5.74, 6) is -0.0809. The highest BCUT2D eigenvalue weighted by atomic mass is 16.6. The van der Waals surface area contributed by atoms with E-state index in [4.69, 9.17) is 4.74 Å². The zero-order valence-electron chi connectivity index (χ0n) is 14.6. The lowest BCUT2D eigenvalue weighted by molar-refractivity contribution is 0.0470. The Bertz CT molecular complexity index is 457. The third-order valence-corrected chi connectivity index (χ3v) is 3.45. The van der Waals surface area contributed by atoms with E-state index in [2.05, 4.69) is 17.6 Å². The molecule has 0 bridgehead atoms. The van der Waals surface area contributed by atoms with Crippen LogP contribution in [-0.4, -0.2) is 36.0 Å². The Hall–Kier alpha value is -1.75. The molecule has 0 radical (unpaired) electrons. The second kappa shape index (κ2) is 9.40. The van der Waals surface area contributed by atoms with Crippen LogP contribution in [0.2, 0.25) is 0 Å². The van der Waals surface area contributed by atoms with Crippen molar-refractivity contribution in [3.05, 3.63) is 30.3 Å². The van der Waals surface area contributed by atoms with Gasteiger partial charge in [-0.1, -0.05) is 31.5 Å². The molecular formula is C18H30N2O3. The highest BCUT2D eigenvalue weighted by Gasteiger charge is 2.25. The van der Waals surface area contributed by atoms with Crippen LogP contribution < -0.4 is 10.6 Å². The van der Waals surface area contributed by atoms with Gasteiger partial charge in [0.25, 0.3) is 0 Å². The molecule has 0 spiro atoms. The first-order valence-corrected chi connectivity index (χ1v) is 8.25. The molecule has 2 atom stereocenters. The Labute approximate surface area is 139 Å². The standard InChI is InChI=1S/C18H30N2O3/c1-5-9-16(20-17(22)23-18(2,3)4)14(13-21)12-19-15-10-7-6-8-11-15/h6-8,10-11,14,16,19,21H,5,9,12-13H2,1-4H3,(H,20,22). The molecule has 1 amide bonds. The van der Waals surface area contributed by atoms with E-state index in [9.17, 15) is 9.90 Å². The van der Waals surface area contributed by atoms with Crippen LogP contribution in [0.5, 0.6) is 0 Å². The number of aliphatic hydroxyl groups is 1. The van der Waals surface area contributed by atoms with Crippen molar-refractivity contribution >= 4 is 11.8 Å². The fourth-order valence-corrected chi connectivity index (χ4v) is 2.33. The second-order valence-electron chi connectivity index (χ2n) is 6.73. The van der Waals surface area contributed by atoms with Gasteiger partial charge in [0.15, 0.2) is 0 Å². The van der Waals surface area contributed by atoms with Gasteiger partial charge in [0.1, 0.15) is 5.60 Å². The fourth-order valence-electron chi connectivity index (χ4n) is 2.33. The molecule has 0 heterocycles. The number of para-hydroxylation sites is 1. The molecule has 0 aliphatic carbocycles. The largest absolute Gasteiger partial charge is 0.444 e. The molecule has 0 aliphatic heterocycles. The van der Waals surface area contributed by atoms with E-state index in [1.165, 1.54) is 0 Å². The van der Waals surface area contributed by atoms with Crippen molar-refractivity contribution in [3.63, 3.8) is 0 Å². The van der Waals surface area contributed by atoms with Crippen LogP contribution in [0.25, 0.3) is 0 Å². The van der Waals surface area contributed by atoms with Crippen molar-refractivity contribution in [2.75, 3.05) is 18.5 Å². The molecule has 1 aromatic carbocycles. The normalized spacial score (nSPS) is 14.0. The molecule has 2 unspecified atom stereocenters. The lowest BCUT2D eigenvalue weighted by Crippen LogP contribution is -2.46. The Morgan fingerprint density at radius 1 is 1.26 bits per heavy atom. The fraction of sp³-hybridized carbons (Fsp3) is 0.611. The molecule has 130 valence electrons. The molecule has 0 saturated carbocycles. The van der Waals surface area contributed by atoms with Crippen LogP contribution in [0.4, 0.5) is 10.5 Å². The van der Waals surface area contributed by atoms with E-state index in [1.54, 1.807) is 0 Å². The van der Waals surface area contributed by atoms with Crippen molar-refractivity contribution in [1.29, 1.82) is 0 Å². The molecule has 3 N–H and O–H groups in total. The van der Waals surface area contributed by atoms with Gasteiger partial charge in [-0.05, 0) is 39.3 Å². The Morgan fingerprint density at radius 2 is 1.91 bits per heavy atom. The summed E-state index contributed by atoms with van der Waals surface area (Å²) in [7, 11) is 0. The number of nitrogens with one attached hydrogen (secondary N) is 2. The van der Waals surface area contributed by atoms with Gasteiger partial charge in [-0.15, -0.1) is 0 Å². The summed E-state index contributed by atoms with van der Waals surface area (Å²) in [6.45, 7) is 8.15. The summed E-state index contributed by atoms with van der Waals surface area (Å²) < 4.78 is 5.32. The average Bonchev–Trinajstić information content (AvgIpc) is 2.47. The van der Waals surface area contributed by atoms with Gasteiger partial charge in [-0.2, -0.15) is 0 Å². The van der Waals surface area contributed by atoms with Crippen LogP contribution in [0.1, 0.15) is 40.5 Å². The minimum atomic E-state index is -0.530. The quantitative estimate of drug-likeness (QED) is 0.686. The van der Waals surface area contributed by atoms with Gasteiger partial charge < -0.3 is 20.5 Å². The van der Waals surface area contributed by atoms with Crippen LogP contribution in [0.15, 0.2) is 30.3 Å². The molecule has 0 fully saturated rings. The number of carbonyl (C=O) groups is 1. The number of anilines is 1. The highest BCUT2D eigenvalue weighted by molar-refractivity contribution is 5.68. The maximum Gasteiger partial charge on any atom is 0.407 e. The third-order valence-electron chi connectivity index (χ3n) is 3.45. The monoisotopic (exact) mass is 322 g/mol. The number of aliphatic hydroxyl groups excluding tert-OH is 1. The van der Waals surface area contributed by atoms with Crippen molar-refractivity contribution in [2.45, 2.75) is 52.2 Å². The van der Waals surface area contributed by atoms with Crippen molar-refractivity contribution < 1.29 is 14.6 Å². The molecule has 23 heavy (non-hydrogen) atoms. The maximum atomic E-state index is 12.0. The zero-order chi connectivity index (χ0) is 17.3. The van der Waals surface area contributed by atoms with E-state index in [0.717, 1.165) is 18.5 Å². The summed E-state index contributed by atoms with van der Waals surface area (Å²) >= 11 is 0. The minimum Gasteiger partial charge on any atom is -0.444 e. The number of carbonyl (C=O) groups excluding carboxylic acids is 1. The Kier molecular flexibility index (Phi) is 7.89. The number of hydrogen-bond acceptors (Lipinski definition) is 4. The molecule has 0 aliphatic rings. The predicted octanol–water partition coefficient (Wildman–Crippen LogP) is 3.40. The van der Waals surface area contributed by atoms with Crippen LogP contribution >= 0.6 is 0 Å². The molecule has 5 heteroatoms. The lowest BCUT2D eigenvalue weighted by Gasteiger charge is -2.28. The summed E-state index contributed by atoms with van der Waals surface area (Å²) in [6.07, 6.45) is 1.28. The van der Waals surface area contributed by atoms with E-state index < -0.39 is 11.7 Å². The first-order valence-electron chi connectivity index (χ1n) is 8.25. The van der Waals surface area contributed by atoms with Crippen LogP contribution in [-0.2, 0) is 4.74 Å². The molecule has 0 saturated heterocycles. The molecular weight excluding hydrogens is 292 g/mol.